The van der Waals surface area contributed by atoms with E-state index in [1.807, 2.05) is 0 Å². The zero-order chi connectivity index (χ0) is 11.7. The summed E-state index contributed by atoms with van der Waals surface area (Å²) in [5.41, 5.74) is 0.396. The van der Waals surface area contributed by atoms with E-state index in [2.05, 4.69) is 10.6 Å². The minimum absolute atomic E-state index is 0.0783. The molecule has 1 aliphatic rings. The van der Waals surface area contributed by atoms with E-state index in [0.29, 0.717) is 11.5 Å². The van der Waals surface area contributed by atoms with Crippen LogP contribution in [0.3, 0.4) is 0 Å². The SMILES string of the molecule is CC1=C(C(=O)O)C(c2ccco2)NC(=O)N1. The van der Waals surface area contributed by atoms with E-state index in [4.69, 9.17) is 9.52 Å². The molecule has 1 unspecified atom stereocenters. The number of carboxylic acids is 1. The van der Waals surface area contributed by atoms with Crippen LogP contribution in [-0.4, -0.2) is 17.1 Å². The van der Waals surface area contributed by atoms with Gasteiger partial charge < -0.3 is 20.2 Å². The van der Waals surface area contributed by atoms with Gasteiger partial charge in [0.2, 0.25) is 0 Å². The molecule has 0 bridgehead atoms. The summed E-state index contributed by atoms with van der Waals surface area (Å²) in [5, 5.41) is 14.0. The zero-order valence-electron chi connectivity index (χ0n) is 8.48. The Bertz CT molecular complexity index is 461. The molecule has 6 nitrogen and oxygen atoms in total. The molecule has 1 aliphatic heterocycles. The standard InChI is InChI=1S/C10H10N2O4/c1-5-7(9(13)14)8(12-10(15)11-5)6-3-2-4-16-6/h2-4,8H,1H3,(H,13,14)(H2,11,12,15). The van der Waals surface area contributed by atoms with Gasteiger partial charge in [-0.25, -0.2) is 9.59 Å². The molecule has 0 radical (unpaired) electrons. The second kappa shape index (κ2) is 3.73. The second-order valence-electron chi connectivity index (χ2n) is 3.39. The molecule has 6 heteroatoms. The van der Waals surface area contributed by atoms with Gasteiger partial charge in [-0.05, 0) is 19.1 Å². The van der Waals surface area contributed by atoms with Crippen molar-refractivity contribution >= 4 is 12.0 Å². The minimum Gasteiger partial charge on any atom is -0.478 e. The van der Waals surface area contributed by atoms with E-state index in [0.717, 1.165) is 0 Å². The first-order valence-electron chi connectivity index (χ1n) is 4.64. The monoisotopic (exact) mass is 222 g/mol. The van der Waals surface area contributed by atoms with Crippen LogP contribution in [0.15, 0.2) is 34.1 Å². The fourth-order valence-electron chi connectivity index (χ4n) is 1.65. The Labute approximate surface area is 90.9 Å². The number of hydrogen-bond donors (Lipinski definition) is 3. The summed E-state index contributed by atoms with van der Waals surface area (Å²) in [6.07, 6.45) is 1.43. The predicted octanol–water partition coefficient (Wildman–Crippen LogP) is 0.992. The molecule has 0 spiro atoms. The summed E-state index contributed by atoms with van der Waals surface area (Å²) >= 11 is 0. The molecular weight excluding hydrogens is 212 g/mol. The van der Waals surface area contributed by atoms with E-state index in [1.54, 1.807) is 12.1 Å². The molecule has 2 heterocycles. The predicted molar refractivity (Wildman–Crippen MR) is 53.5 cm³/mol. The molecule has 1 aromatic heterocycles. The minimum atomic E-state index is -1.09. The summed E-state index contributed by atoms with van der Waals surface area (Å²) in [7, 11) is 0. The van der Waals surface area contributed by atoms with Crippen molar-refractivity contribution in [2.45, 2.75) is 13.0 Å². The molecule has 1 aromatic rings. The Morgan fingerprint density at radius 2 is 2.31 bits per heavy atom. The Morgan fingerprint density at radius 1 is 1.56 bits per heavy atom. The van der Waals surface area contributed by atoms with Gasteiger partial charge in [0, 0.05) is 5.70 Å². The van der Waals surface area contributed by atoms with Crippen molar-refractivity contribution in [1.29, 1.82) is 0 Å². The summed E-state index contributed by atoms with van der Waals surface area (Å²) in [6.45, 7) is 1.54. The van der Waals surface area contributed by atoms with Crippen molar-refractivity contribution in [2.24, 2.45) is 0 Å². The van der Waals surface area contributed by atoms with Crippen molar-refractivity contribution in [3.05, 3.63) is 35.4 Å². The lowest BCUT2D eigenvalue weighted by Gasteiger charge is -2.25. The highest BCUT2D eigenvalue weighted by atomic mass is 16.4. The van der Waals surface area contributed by atoms with Crippen molar-refractivity contribution in [3.8, 4) is 0 Å². The van der Waals surface area contributed by atoms with E-state index >= 15 is 0 Å². The van der Waals surface area contributed by atoms with Crippen molar-refractivity contribution in [2.75, 3.05) is 0 Å². The van der Waals surface area contributed by atoms with Crippen LogP contribution in [0.5, 0.6) is 0 Å². The lowest BCUT2D eigenvalue weighted by Crippen LogP contribution is -2.44. The van der Waals surface area contributed by atoms with Gasteiger partial charge in [-0.15, -0.1) is 0 Å². The molecular formula is C10H10N2O4. The van der Waals surface area contributed by atoms with Crippen molar-refractivity contribution in [3.63, 3.8) is 0 Å². The molecule has 84 valence electrons. The lowest BCUT2D eigenvalue weighted by atomic mass is 10.0. The molecule has 2 rings (SSSR count). The molecule has 3 N–H and O–H groups in total. The van der Waals surface area contributed by atoms with Crippen molar-refractivity contribution in [1.82, 2.24) is 10.6 Å². The van der Waals surface area contributed by atoms with Gasteiger partial charge in [-0.2, -0.15) is 0 Å². The van der Waals surface area contributed by atoms with Crippen LogP contribution in [0.4, 0.5) is 4.79 Å². The Kier molecular flexibility index (Phi) is 2.40. The normalized spacial score (nSPS) is 20.3. The average molecular weight is 222 g/mol. The summed E-state index contributed by atoms with van der Waals surface area (Å²) in [4.78, 5) is 22.3. The summed E-state index contributed by atoms with van der Waals surface area (Å²) in [5.74, 6) is -0.696. The first kappa shape index (κ1) is 10.3. The third kappa shape index (κ3) is 1.65. The molecule has 0 saturated carbocycles. The van der Waals surface area contributed by atoms with Gasteiger partial charge in [-0.1, -0.05) is 0 Å². The molecule has 0 aliphatic carbocycles. The number of carbonyl (C=O) groups excluding carboxylic acids is 1. The molecule has 0 saturated heterocycles. The molecule has 16 heavy (non-hydrogen) atoms. The Hall–Kier alpha value is -2.24. The molecule has 1 atom stereocenters. The van der Waals surface area contributed by atoms with E-state index in [9.17, 15) is 9.59 Å². The van der Waals surface area contributed by atoms with Gasteiger partial charge >= 0.3 is 12.0 Å². The largest absolute Gasteiger partial charge is 0.478 e. The van der Waals surface area contributed by atoms with Gasteiger partial charge in [0.1, 0.15) is 11.8 Å². The number of nitrogens with one attached hydrogen (secondary N) is 2. The van der Waals surface area contributed by atoms with Crippen molar-refractivity contribution < 1.29 is 19.1 Å². The first-order valence-corrected chi connectivity index (χ1v) is 4.64. The highest BCUT2D eigenvalue weighted by molar-refractivity contribution is 5.93. The average Bonchev–Trinajstić information content (AvgIpc) is 2.67. The number of aliphatic carboxylic acids is 1. The zero-order valence-corrected chi connectivity index (χ0v) is 8.48. The number of urea groups is 1. The number of allylic oxidation sites excluding steroid dienone is 1. The molecule has 2 amide bonds. The van der Waals surface area contributed by atoms with Crippen LogP contribution in [0, 0.1) is 0 Å². The van der Waals surface area contributed by atoms with Crippen LogP contribution >= 0.6 is 0 Å². The number of amides is 2. The fourth-order valence-corrected chi connectivity index (χ4v) is 1.65. The number of rotatable bonds is 2. The van der Waals surface area contributed by atoms with E-state index in [-0.39, 0.29) is 5.57 Å². The topological polar surface area (TPSA) is 91.6 Å². The highest BCUT2D eigenvalue weighted by Crippen LogP contribution is 2.26. The van der Waals surface area contributed by atoms with Gasteiger partial charge in [-0.3, -0.25) is 0 Å². The van der Waals surface area contributed by atoms with Crippen LogP contribution in [0.25, 0.3) is 0 Å². The van der Waals surface area contributed by atoms with Crippen LogP contribution in [0.2, 0.25) is 0 Å². The Morgan fingerprint density at radius 3 is 2.88 bits per heavy atom. The fraction of sp³-hybridized carbons (Fsp3) is 0.200. The molecule has 0 fully saturated rings. The Balaban J connectivity index is 2.46. The van der Waals surface area contributed by atoms with Gasteiger partial charge in [0.25, 0.3) is 0 Å². The number of carbonyl (C=O) groups is 2. The van der Waals surface area contributed by atoms with Gasteiger partial charge in [0.05, 0.1) is 11.8 Å². The maximum atomic E-state index is 11.3. The van der Waals surface area contributed by atoms with E-state index < -0.39 is 18.0 Å². The second-order valence-corrected chi connectivity index (χ2v) is 3.39. The first-order chi connectivity index (χ1) is 7.59. The maximum absolute atomic E-state index is 11.3. The number of carboxylic acid groups (broad SMARTS) is 1. The number of furan rings is 1. The lowest BCUT2D eigenvalue weighted by molar-refractivity contribution is -0.133. The number of hydrogen-bond acceptors (Lipinski definition) is 3. The van der Waals surface area contributed by atoms with E-state index in [1.165, 1.54) is 13.2 Å². The highest BCUT2D eigenvalue weighted by Gasteiger charge is 2.32. The smallest absolute Gasteiger partial charge is 0.335 e. The maximum Gasteiger partial charge on any atom is 0.335 e. The van der Waals surface area contributed by atoms with Crippen LogP contribution in [-0.2, 0) is 4.79 Å². The third-order valence-electron chi connectivity index (χ3n) is 2.33. The van der Waals surface area contributed by atoms with Crippen LogP contribution in [0.1, 0.15) is 18.7 Å². The summed E-state index contributed by atoms with van der Waals surface area (Å²) in [6, 6.07) is 2.07. The third-order valence-corrected chi connectivity index (χ3v) is 2.33. The van der Waals surface area contributed by atoms with Gasteiger partial charge in [0.15, 0.2) is 0 Å². The summed E-state index contributed by atoms with van der Waals surface area (Å²) < 4.78 is 5.11. The van der Waals surface area contributed by atoms with Crippen LogP contribution < -0.4 is 10.6 Å². The molecule has 0 aromatic carbocycles. The quantitative estimate of drug-likeness (QED) is 0.695.